The van der Waals surface area contributed by atoms with Crippen LogP contribution in [0.1, 0.15) is 31.4 Å². The normalized spacial score (nSPS) is 12.5. The van der Waals surface area contributed by atoms with Gasteiger partial charge in [-0.05, 0) is 60.9 Å². The van der Waals surface area contributed by atoms with E-state index in [9.17, 15) is 0 Å². The van der Waals surface area contributed by atoms with Gasteiger partial charge in [-0.3, -0.25) is 4.99 Å². The van der Waals surface area contributed by atoms with Crippen molar-refractivity contribution < 1.29 is 4.74 Å². The van der Waals surface area contributed by atoms with E-state index in [1.54, 1.807) is 6.07 Å². The minimum Gasteiger partial charge on any atom is -0.489 e. The largest absolute Gasteiger partial charge is 0.489 e. The topological polar surface area (TPSA) is 21.6 Å². The zero-order chi connectivity index (χ0) is 15.9. The molecule has 1 atom stereocenters. The number of benzene rings is 2. The number of rotatable bonds is 6. The van der Waals surface area contributed by atoms with Crippen LogP contribution in [-0.4, -0.2) is 12.3 Å². The molecule has 0 fully saturated rings. The van der Waals surface area contributed by atoms with Gasteiger partial charge in [-0.2, -0.15) is 0 Å². The van der Waals surface area contributed by atoms with Crippen LogP contribution in [0.3, 0.4) is 0 Å². The van der Waals surface area contributed by atoms with E-state index in [0.29, 0.717) is 22.7 Å². The first-order valence-corrected chi connectivity index (χ1v) is 8.04. The minimum absolute atomic E-state index is 0.352. The molecule has 0 bridgehead atoms. The highest BCUT2D eigenvalue weighted by Crippen LogP contribution is 2.23. The van der Waals surface area contributed by atoms with Crippen molar-refractivity contribution in [3.63, 3.8) is 0 Å². The van der Waals surface area contributed by atoms with E-state index in [2.05, 4.69) is 18.8 Å². The predicted octanol–water partition coefficient (Wildman–Crippen LogP) is 5.79. The number of hydrogen-bond acceptors (Lipinski definition) is 2. The molecule has 1 unspecified atom stereocenters. The Morgan fingerprint density at radius 3 is 2.45 bits per heavy atom. The second-order valence-electron chi connectivity index (χ2n) is 5.14. The molecule has 116 valence electrons. The van der Waals surface area contributed by atoms with E-state index in [1.807, 2.05) is 42.6 Å². The molecule has 22 heavy (non-hydrogen) atoms. The lowest BCUT2D eigenvalue weighted by atomic mass is 10.2. The van der Waals surface area contributed by atoms with Crippen molar-refractivity contribution in [3.05, 3.63) is 63.6 Å². The molecule has 0 spiro atoms. The smallest absolute Gasteiger partial charge is 0.119 e. The molecule has 0 aliphatic rings. The van der Waals surface area contributed by atoms with Gasteiger partial charge in [0, 0.05) is 12.3 Å². The summed E-state index contributed by atoms with van der Waals surface area (Å²) in [5, 5.41) is 1.09. The third-order valence-electron chi connectivity index (χ3n) is 3.34. The van der Waals surface area contributed by atoms with Crippen LogP contribution in [0.2, 0.25) is 10.0 Å². The van der Waals surface area contributed by atoms with Crippen molar-refractivity contribution in [2.24, 2.45) is 4.99 Å². The Morgan fingerprint density at radius 2 is 1.82 bits per heavy atom. The number of halogens is 2. The molecule has 2 aromatic carbocycles. The van der Waals surface area contributed by atoms with Gasteiger partial charge in [0.25, 0.3) is 0 Å². The third kappa shape index (κ3) is 5.04. The quantitative estimate of drug-likeness (QED) is 0.612. The molecule has 2 aromatic rings. The lowest BCUT2D eigenvalue weighted by molar-refractivity contribution is 0.306. The van der Waals surface area contributed by atoms with E-state index in [4.69, 9.17) is 27.9 Å². The Labute approximate surface area is 141 Å². The summed E-state index contributed by atoms with van der Waals surface area (Å²) in [6, 6.07) is 13.7. The zero-order valence-electron chi connectivity index (χ0n) is 12.7. The summed E-state index contributed by atoms with van der Waals surface area (Å²) in [6.45, 7) is 4.68. The van der Waals surface area contributed by atoms with Gasteiger partial charge in [-0.1, -0.05) is 36.2 Å². The maximum atomic E-state index is 5.99. The number of nitrogens with zero attached hydrogens (tertiary/aromatic N) is 1. The van der Waals surface area contributed by atoms with Crippen LogP contribution >= 0.6 is 23.2 Å². The molecule has 0 radical (unpaired) electrons. The summed E-state index contributed by atoms with van der Waals surface area (Å²) in [6.07, 6.45) is 2.94. The first-order chi connectivity index (χ1) is 10.6. The Kier molecular flexibility index (Phi) is 6.29. The molecule has 4 heteroatoms. The Morgan fingerprint density at radius 1 is 1.09 bits per heavy atom. The average Bonchev–Trinajstić information content (AvgIpc) is 2.54. The van der Waals surface area contributed by atoms with Gasteiger partial charge in [-0.15, -0.1) is 0 Å². The maximum absolute atomic E-state index is 5.99. The Balaban J connectivity index is 1.93. The van der Waals surface area contributed by atoms with Gasteiger partial charge in [0.05, 0.1) is 10.0 Å². The van der Waals surface area contributed by atoms with Crippen LogP contribution in [0.25, 0.3) is 0 Å². The highest BCUT2D eigenvalue weighted by molar-refractivity contribution is 6.42. The highest BCUT2D eigenvalue weighted by atomic mass is 35.5. The first kappa shape index (κ1) is 16.9. The van der Waals surface area contributed by atoms with Gasteiger partial charge < -0.3 is 4.74 Å². The SMILES string of the molecule is CCC(C)N=Cc1ccc(OCc2ccc(Cl)c(Cl)c2)cc1. The van der Waals surface area contributed by atoms with Crippen molar-refractivity contribution >= 4 is 29.4 Å². The van der Waals surface area contributed by atoms with Crippen molar-refractivity contribution in [2.75, 3.05) is 0 Å². The van der Waals surface area contributed by atoms with Crippen molar-refractivity contribution in [1.82, 2.24) is 0 Å². The summed E-state index contributed by atoms with van der Waals surface area (Å²) in [7, 11) is 0. The van der Waals surface area contributed by atoms with E-state index < -0.39 is 0 Å². The molecule has 0 N–H and O–H groups in total. The van der Waals surface area contributed by atoms with E-state index in [1.165, 1.54) is 0 Å². The molecule has 2 nitrogen and oxygen atoms in total. The summed E-state index contributed by atoms with van der Waals surface area (Å²) in [4.78, 5) is 4.46. The van der Waals surface area contributed by atoms with Crippen LogP contribution in [0.4, 0.5) is 0 Å². The summed E-state index contributed by atoms with van der Waals surface area (Å²) >= 11 is 11.9. The van der Waals surface area contributed by atoms with Crippen LogP contribution in [0, 0.1) is 0 Å². The third-order valence-corrected chi connectivity index (χ3v) is 4.08. The van der Waals surface area contributed by atoms with Crippen LogP contribution in [0.15, 0.2) is 47.5 Å². The first-order valence-electron chi connectivity index (χ1n) is 7.28. The lowest BCUT2D eigenvalue weighted by Gasteiger charge is -2.07. The molecule has 0 aliphatic heterocycles. The molecule has 2 rings (SSSR count). The fraction of sp³-hybridized carbons (Fsp3) is 0.278. The molecule has 0 aromatic heterocycles. The fourth-order valence-corrected chi connectivity index (χ4v) is 2.09. The summed E-state index contributed by atoms with van der Waals surface area (Å²) in [5.74, 6) is 0.812. The van der Waals surface area contributed by atoms with Crippen LogP contribution < -0.4 is 4.74 Å². The second-order valence-corrected chi connectivity index (χ2v) is 5.96. The standard InChI is InChI=1S/C18H19Cl2NO/c1-3-13(2)21-11-14-4-7-16(8-5-14)22-12-15-6-9-17(19)18(20)10-15/h4-11,13H,3,12H2,1-2H3. The van der Waals surface area contributed by atoms with Gasteiger partial charge in [-0.25, -0.2) is 0 Å². The predicted molar refractivity (Wildman–Crippen MR) is 94.6 cm³/mol. The average molecular weight is 336 g/mol. The summed E-state index contributed by atoms with van der Waals surface area (Å²) < 4.78 is 5.74. The molecular formula is C18H19Cl2NO. The van der Waals surface area contributed by atoms with Crippen molar-refractivity contribution in [2.45, 2.75) is 32.9 Å². The molecular weight excluding hydrogens is 317 g/mol. The Bertz CT molecular complexity index is 638. The van der Waals surface area contributed by atoms with E-state index in [0.717, 1.165) is 23.3 Å². The van der Waals surface area contributed by atoms with Crippen LogP contribution in [0.5, 0.6) is 5.75 Å². The van der Waals surface area contributed by atoms with Gasteiger partial charge in [0.15, 0.2) is 0 Å². The molecule has 0 saturated heterocycles. The van der Waals surface area contributed by atoms with E-state index >= 15 is 0 Å². The van der Waals surface area contributed by atoms with Crippen LogP contribution in [-0.2, 0) is 6.61 Å². The molecule has 0 saturated carbocycles. The Hall–Kier alpha value is -1.51. The molecule has 0 heterocycles. The van der Waals surface area contributed by atoms with Crippen molar-refractivity contribution in [1.29, 1.82) is 0 Å². The number of hydrogen-bond donors (Lipinski definition) is 0. The minimum atomic E-state index is 0.352. The zero-order valence-corrected chi connectivity index (χ0v) is 14.2. The lowest BCUT2D eigenvalue weighted by Crippen LogP contribution is -1.97. The summed E-state index contributed by atoms with van der Waals surface area (Å²) in [5.41, 5.74) is 2.05. The monoisotopic (exact) mass is 335 g/mol. The van der Waals surface area contributed by atoms with Crippen molar-refractivity contribution in [3.8, 4) is 5.75 Å². The van der Waals surface area contributed by atoms with Gasteiger partial charge in [0.1, 0.15) is 12.4 Å². The maximum Gasteiger partial charge on any atom is 0.119 e. The van der Waals surface area contributed by atoms with Gasteiger partial charge >= 0.3 is 0 Å². The number of ether oxygens (including phenoxy) is 1. The van der Waals surface area contributed by atoms with Gasteiger partial charge in [0.2, 0.25) is 0 Å². The molecule has 0 amide bonds. The second kappa shape index (κ2) is 8.21. The molecule has 0 aliphatic carbocycles. The highest BCUT2D eigenvalue weighted by Gasteiger charge is 2.01. The fourth-order valence-electron chi connectivity index (χ4n) is 1.76. The number of aliphatic imine (C=N–C) groups is 1. The van der Waals surface area contributed by atoms with E-state index in [-0.39, 0.29) is 0 Å².